The largest absolute Gasteiger partial charge is 0.417 e. The summed E-state index contributed by atoms with van der Waals surface area (Å²) in [5.74, 6) is 0.128. The number of halogens is 6. The fourth-order valence-electron chi connectivity index (χ4n) is 1.11. The first-order chi connectivity index (χ1) is 8.68. The molecule has 0 atom stereocenters. The Labute approximate surface area is 104 Å². The Bertz CT molecular complexity index is 386. The molecule has 0 radical (unpaired) electrons. The maximum absolute atomic E-state index is 12.2. The Morgan fingerprint density at radius 1 is 1.11 bits per heavy atom. The van der Waals surface area contributed by atoms with Gasteiger partial charge in [-0.2, -0.15) is 26.3 Å². The molecule has 1 aromatic heterocycles. The third-order valence-corrected chi connectivity index (χ3v) is 1.91. The zero-order valence-corrected chi connectivity index (χ0v) is 9.48. The lowest BCUT2D eigenvalue weighted by molar-refractivity contribution is -0.172. The van der Waals surface area contributed by atoms with Crippen molar-refractivity contribution in [1.29, 1.82) is 0 Å². The smallest absolute Gasteiger partial charge is 0.370 e. The summed E-state index contributed by atoms with van der Waals surface area (Å²) in [7, 11) is 0. The van der Waals surface area contributed by atoms with Gasteiger partial charge in [-0.05, 0) is 12.1 Å². The number of nitrogens with zero attached hydrogens (tertiary/aromatic N) is 1. The van der Waals surface area contributed by atoms with Crippen molar-refractivity contribution in [1.82, 2.24) is 4.98 Å². The van der Waals surface area contributed by atoms with E-state index >= 15 is 0 Å². The molecule has 1 heterocycles. The monoisotopic (exact) mass is 288 g/mol. The number of alkyl halides is 6. The molecule has 0 fully saturated rings. The van der Waals surface area contributed by atoms with Gasteiger partial charge < -0.3 is 10.1 Å². The molecule has 0 aliphatic carbocycles. The van der Waals surface area contributed by atoms with Gasteiger partial charge in [0.2, 0.25) is 0 Å². The van der Waals surface area contributed by atoms with E-state index in [9.17, 15) is 26.3 Å². The third kappa shape index (κ3) is 6.27. The second kappa shape index (κ2) is 6.09. The van der Waals surface area contributed by atoms with E-state index in [1.807, 2.05) is 0 Å². The van der Waals surface area contributed by atoms with E-state index in [1.54, 1.807) is 0 Å². The molecule has 108 valence electrons. The SMILES string of the molecule is FC(F)(F)COCCNc1ccc(C(F)(F)F)cn1. The zero-order chi connectivity index (χ0) is 14.5. The lowest BCUT2D eigenvalue weighted by atomic mass is 10.3. The standard InChI is InChI=1S/C10H10F6N2O/c11-9(12,13)6-19-4-3-17-8-2-1-7(5-18-8)10(14,15)16/h1-2,5H,3-4,6H2,(H,17,18). The van der Waals surface area contributed by atoms with Crippen LogP contribution in [0.15, 0.2) is 18.3 Å². The molecule has 0 aliphatic heterocycles. The van der Waals surface area contributed by atoms with Gasteiger partial charge in [-0.1, -0.05) is 0 Å². The summed E-state index contributed by atoms with van der Waals surface area (Å²) in [5, 5.41) is 2.54. The number of ether oxygens (including phenoxy) is 1. The first-order valence-corrected chi connectivity index (χ1v) is 5.10. The quantitative estimate of drug-likeness (QED) is 0.668. The normalized spacial score (nSPS) is 12.5. The van der Waals surface area contributed by atoms with Crippen LogP contribution in [0.2, 0.25) is 0 Å². The Balaban J connectivity index is 2.31. The van der Waals surface area contributed by atoms with Gasteiger partial charge in [-0.3, -0.25) is 0 Å². The minimum atomic E-state index is -4.47. The van der Waals surface area contributed by atoms with Crippen molar-refractivity contribution in [2.75, 3.05) is 25.1 Å². The Hall–Kier alpha value is -1.51. The van der Waals surface area contributed by atoms with Crippen molar-refractivity contribution in [3.63, 3.8) is 0 Å². The van der Waals surface area contributed by atoms with Gasteiger partial charge >= 0.3 is 12.4 Å². The van der Waals surface area contributed by atoms with Gasteiger partial charge in [0.15, 0.2) is 0 Å². The number of hydrogen-bond donors (Lipinski definition) is 1. The van der Waals surface area contributed by atoms with Crippen LogP contribution in [0.1, 0.15) is 5.56 Å². The lowest BCUT2D eigenvalue weighted by Crippen LogP contribution is -2.20. The second-order valence-corrected chi connectivity index (χ2v) is 3.52. The second-order valence-electron chi connectivity index (χ2n) is 3.52. The molecule has 0 saturated heterocycles. The molecule has 0 bridgehead atoms. The number of nitrogens with one attached hydrogen (secondary N) is 1. The molecule has 9 heteroatoms. The van der Waals surface area contributed by atoms with Crippen LogP contribution in [0.25, 0.3) is 0 Å². The number of pyridine rings is 1. The summed E-state index contributed by atoms with van der Waals surface area (Å²) in [6.07, 6.45) is -8.23. The van der Waals surface area contributed by atoms with Crippen LogP contribution >= 0.6 is 0 Å². The highest BCUT2D eigenvalue weighted by Gasteiger charge is 2.30. The number of anilines is 1. The Morgan fingerprint density at radius 2 is 1.79 bits per heavy atom. The molecule has 0 aromatic carbocycles. The highest BCUT2D eigenvalue weighted by Crippen LogP contribution is 2.28. The highest BCUT2D eigenvalue weighted by molar-refractivity contribution is 5.35. The summed E-state index contributed by atoms with van der Waals surface area (Å²) in [6.45, 7) is -1.59. The highest BCUT2D eigenvalue weighted by atomic mass is 19.4. The predicted molar refractivity (Wildman–Crippen MR) is 54.6 cm³/mol. The topological polar surface area (TPSA) is 34.1 Å². The summed E-state index contributed by atoms with van der Waals surface area (Å²) in [4.78, 5) is 3.48. The summed E-state index contributed by atoms with van der Waals surface area (Å²) in [5.41, 5.74) is -0.897. The molecular weight excluding hydrogens is 278 g/mol. The van der Waals surface area contributed by atoms with Gasteiger partial charge in [0.1, 0.15) is 12.4 Å². The van der Waals surface area contributed by atoms with E-state index < -0.39 is 24.5 Å². The van der Waals surface area contributed by atoms with Gasteiger partial charge in [-0.15, -0.1) is 0 Å². The maximum atomic E-state index is 12.2. The Morgan fingerprint density at radius 3 is 2.26 bits per heavy atom. The minimum Gasteiger partial charge on any atom is -0.370 e. The van der Waals surface area contributed by atoms with Crippen molar-refractivity contribution < 1.29 is 31.1 Å². The molecule has 0 saturated carbocycles. The average Bonchev–Trinajstić information content (AvgIpc) is 2.26. The molecule has 0 unspecified atom stereocenters. The molecular formula is C10H10F6N2O. The van der Waals surface area contributed by atoms with Crippen LogP contribution < -0.4 is 5.32 Å². The van der Waals surface area contributed by atoms with Crippen molar-refractivity contribution >= 4 is 5.82 Å². The van der Waals surface area contributed by atoms with Crippen LogP contribution in [-0.4, -0.2) is 30.9 Å². The van der Waals surface area contributed by atoms with E-state index in [4.69, 9.17) is 0 Å². The van der Waals surface area contributed by atoms with Gasteiger partial charge in [0.25, 0.3) is 0 Å². The Kier molecular flexibility index (Phi) is 4.98. The van der Waals surface area contributed by atoms with Crippen LogP contribution in [0.3, 0.4) is 0 Å². The van der Waals surface area contributed by atoms with E-state index in [1.165, 1.54) is 0 Å². The molecule has 1 aromatic rings. The molecule has 1 N–H and O–H groups in total. The van der Waals surface area contributed by atoms with Crippen molar-refractivity contribution in [2.45, 2.75) is 12.4 Å². The van der Waals surface area contributed by atoms with E-state index in [0.717, 1.165) is 12.1 Å². The first-order valence-electron chi connectivity index (χ1n) is 5.10. The molecule has 19 heavy (non-hydrogen) atoms. The van der Waals surface area contributed by atoms with Crippen molar-refractivity contribution in [3.8, 4) is 0 Å². The van der Waals surface area contributed by atoms with Gasteiger partial charge in [0, 0.05) is 12.7 Å². The van der Waals surface area contributed by atoms with Crippen molar-refractivity contribution in [3.05, 3.63) is 23.9 Å². The van der Waals surface area contributed by atoms with Crippen molar-refractivity contribution in [2.24, 2.45) is 0 Å². The average molecular weight is 288 g/mol. The fourth-order valence-corrected chi connectivity index (χ4v) is 1.11. The summed E-state index contributed by atoms with van der Waals surface area (Å²) in [6, 6.07) is 1.92. The van der Waals surface area contributed by atoms with E-state index in [0.29, 0.717) is 6.20 Å². The zero-order valence-electron chi connectivity index (χ0n) is 9.48. The molecule has 0 spiro atoms. The number of aromatic nitrogens is 1. The molecule has 3 nitrogen and oxygen atoms in total. The first kappa shape index (κ1) is 15.5. The maximum Gasteiger partial charge on any atom is 0.417 e. The van der Waals surface area contributed by atoms with Gasteiger partial charge in [0.05, 0.1) is 12.2 Å². The summed E-state index contributed by atoms with van der Waals surface area (Å²) >= 11 is 0. The van der Waals surface area contributed by atoms with Gasteiger partial charge in [-0.25, -0.2) is 4.98 Å². The molecule has 1 rings (SSSR count). The van der Waals surface area contributed by atoms with E-state index in [2.05, 4.69) is 15.0 Å². The van der Waals surface area contributed by atoms with Crippen LogP contribution in [0, 0.1) is 0 Å². The predicted octanol–water partition coefficient (Wildman–Crippen LogP) is 3.09. The lowest BCUT2D eigenvalue weighted by Gasteiger charge is -2.10. The van der Waals surface area contributed by atoms with Crippen LogP contribution in [0.4, 0.5) is 32.2 Å². The number of hydrogen-bond acceptors (Lipinski definition) is 3. The minimum absolute atomic E-state index is 0.00838. The number of rotatable bonds is 5. The van der Waals surface area contributed by atoms with Crippen LogP contribution in [-0.2, 0) is 10.9 Å². The molecule has 0 amide bonds. The molecule has 0 aliphatic rings. The summed E-state index contributed by atoms with van der Waals surface area (Å²) < 4.78 is 76.0. The third-order valence-electron chi connectivity index (χ3n) is 1.91. The van der Waals surface area contributed by atoms with E-state index in [-0.39, 0.29) is 19.0 Å². The van der Waals surface area contributed by atoms with Crippen LogP contribution in [0.5, 0.6) is 0 Å². The fraction of sp³-hybridized carbons (Fsp3) is 0.500.